The van der Waals surface area contributed by atoms with Crippen molar-refractivity contribution in [1.29, 1.82) is 0 Å². The van der Waals surface area contributed by atoms with Gasteiger partial charge in [-0.1, -0.05) is 31.3 Å². The third-order valence-electron chi connectivity index (χ3n) is 2.08. The van der Waals surface area contributed by atoms with E-state index in [0.29, 0.717) is 6.04 Å². The molecule has 0 fully saturated rings. The van der Waals surface area contributed by atoms with Crippen LogP contribution in [0.5, 0.6) is 0 Å². The molecule has 0 aromatic carbocycles. The number of nitrogens with one attached hydrogen (secondary N) is 1. The minimum Gasteiger partial charge on any atom is -0.308 e. The van der Waals surface area contributed by atoms with Gasteiger partial charge >= 0.3 is 0 Å². The summed E-state index contributed by atoms with van der Waals surface area (Å²) in [7, 11) is 0. The van der Waals surface area contributed by atoms with Gasteiger partial charge in [0.05, 0.1) is 0 Å². The van der Waals surface area contributed by atoms with Gasteiger partial charge < -0.3 is 5.32 Å². The Labute approximate surface area is 104 Å². The Kier molecular flexibility index (Phi) is 4.04. The first-order valence-electron chi connectivity index (χ1n) is 5.31. The van der Waals surface area contributed by atoms with Crippen LogP contribution < -0.4 is 5.32 Å². The molecule has 0 amide bonds. The Balaban J connectivity index is 1.92. The Morgan fingerprint density at radius 1 is 1.31 bits per heavy atom. The molecule has 0 aliphatic rings. The van der Waals surface area contributed by atoms with E-state index in [0.717, 1.165) is 23.0 Å². The molecule has 0 bridgehead atoms. The van der Waals surface area contributed by atoms with Gasteiger partial charge in [-0.3, -0.25) is 0 Å². The summed E-state index contributed by atoms with van der Waals surface area (Å²) in [4.78, 5) is 1.35. The molecule has 2 heterocycles. The molecular weight excluding hydrogens is 238 g/mol. The summed E-state index contributed by atoms with van der Waals surface area (Å²) in [5.41, 5.74) is 0. The molecule has 2 rings (SSSR count). The Bertz CT molecular complexity index is 420. The summed E-state index contributed by atoms with van der Waals surface area (Å²) < 4.78 is 0. The van der Waals surface area contributed by atoms with Gasteiger partial charge in [0.1, 0.15) is 10.0 Å². The van der Waals surface area contributed by atoms with Crippen LogP contribution in [0.25, 0.3) is 0 Å². The maximum atomic E-state index is 4.20. The lowest BCUT2D eigenvalue weighted by Crippen LogP contribution is -2.21. The van der Waals surface area contributed by atoms with Crippen LogP contribution in [0.15, 0.2) is 17.5 Å². The maximum Gasteiger partial charge on any atom is 0.131 e. The molecule has 0 spiro atoms. The van der Waals surface area contributed by atoms with Gasteiger partial charge in [-0.25, -0.2) is 0 Å². The van der Waals surface area contributed by atoms with Crippen molar-refractivity contribution < 1.29 is 0 Å². The first-order chi connectivity index (χ1) is 7.74. The average Bonchev–Trinajstić information content (AvgIpc) is 2.87. The van der Waals surface area contributed by atoms with Crippen LogP contribution in [0.2, 0.25) is 0 Å². The predicted octanol–water partition coefficient (Wildman–Crippen LogP) is 2.69. The zero-order valence-corrected chi connectivity index (χ0v) is 11.1. The Morgan fingerprint density at radius 3 is 2.81 bits per heavy atom. The van der Waals surface area contributed by atoms with Crippen LogP contribution in [0.3, 0.4) is 0 Å². The van der Waals surface area contributed by atoms with Gasteiger partial charge in [-0.2, -0.15) is 0 Å². The highest BCUT2D eigenvalue weighted by Gasteiger charge is 2.05. The van der Waals surface area contributed by atoms with Gasteiger partial charge in [-0.15, -0.1) is 21.5 Å². The second kappa shape index (κ2) is 5.52. The summed E-state index contributed by atoms with van der Waals surface area (Å²) in [6.07, 6.45) is 0.914. The van der Waals surface area contributed by atoms with E-state index in [9.17, 15) is 0 Å². The Morgan fingerprint density at radius 2 is 2.12 bits per heavy atom. The summed E-state index contributed by atoms with van der Waals surface area (Å²) in [5, 5.41) is 16.0. The average molecular weight is 253 g/mol. The summed E-state index contributed by atoms with van der Waals surface area (Å²) in [6, 6.07) is 4.70. The molecule has 86 valence electrons. The number of hydrogen-bond donors (Lipinski definition) is 1. The van der Waals surface area contributed by atoms with Crippen molar-refractivity contribution in [3.05, 3.63) is 32.4 Å². The first kappa shape index (κ1) is 11.7. The van der Waals surface area contributed by atoms with Gasteiger partial charge in [0.25, 0.3) is 0 Å². The van der Waals surface area contributed by atoms with Crippen LogP contribution in [-0.2, 0) is 13.0 Å². The highest BCUT2D eigenvalue weighted by molar-refractivity contribution is 7.12. The lowest BCUT2D eigenvalue weighted by molar-refractivity contribution is 0.584. The lowest BCUT2D eigenvalue weighted by atomic mass is 10.4. The molecule has 5 heteroatoms. The highest BCUT2D eigenvalue weighted by Crippen LogP contribution is 2.17. The van der Waals surface area contributed by atoms with Crippen LogP contribution in [0.4, 0.5) is 0 Å². The van der Waals surface area contributed by atoms with E-state index in [1.165, 1.54) is 4.88 Å². The van der Waals surface area contributed by atoms with Crippen molar-refractivity contribution in [2.75, 3.05) is 0 Å². The molecule has 0 saturated heterocycles. The fourth-order valence-electron chi connectivity index (χ4n) is 1.28. The molecule has 2 aromatic rings. The maximum absolute atomic E-state index is 4.20. The van der Waals surface area contributed by atoms with E-state index in [2.05, 4.69) is 46.9 Å². The van der Waals surface area contributed by atoms with Gasteiger partial charge in [0.2, 0.25) is 0 Å². The monoisotopic (exact) mass is 253 g/mol. The SMILES string of the molecule is CC(C)NCc1nnc(Cc2cccs2)s1. The zero-order chi connectivity index (χ0) is 11.4. The fourth-order valence-corrected chi connectivity index (χ4v) is 2.90. The third-order valence-corrected chi connectivity index (χ3v) is 3.88. The molecule has 0 atom stereocenters. The van der Waals surface area contributed by atoms with E-state index in [-0.39, 0.29) is 0 Å². The second-order valence-electron chi connectivity index (χ2n) is 3.88. The summed E-state index contributed by atoms with van der Waals surface area (Å²) in [6.45, 7) is 5.08. The van der Waals surface area contributed by atoms with Crippen molar-refractivity contribution in [2.24, 2.45) is 0 Å². The van der Waals surface area contributed by atoms with Crippen molar-refractivity contribution in [1.82, 2.24) is 15.5 Å². The molecule has 2 aromatic heterocycles. The minimum absolute atomic E-state index is 0.490. The zero-order valence-electron chi connectivity index (χ0n) is 9.43. The predicted molar refractivity (Wildman–Crippen MR) is 69.0 cm³/mol. The minimum atomic E-state index is 0.490. The van der Waals surface area contributed by atoms with Gasteiger partial charge in [-0.05, 0) is 11.4 Å². The first-order valence-corrected chi connectivity index (χ1v) is 7.00. The summed E-state index contributed by atoms with van der Waals surface area (Å²) >= 11 is 3.46. The molecule has 0 unspecified atom stereocenters. The smallest absolute Gasteiger partial charge is 0.131 e. The number of aromatic nitrogens is 2. The van der Waals surface area contributed by atoms with Gasteiger partial charge in [0.15, 0.2) is 0 Å². The van der Waals surface area contributed by atoms with E-state index in [1.54, 1.807) is 22.7 Å². The molecule has 3 nitrogen and oxygen atoms in total. The number of thiophene rings is 1. The van der Waals surface area contributed by atoms with E-state index < -0.39 is 0 Å². The molecule has 1 N–H and O–H groups in total. The lowest BCUT2D eigenvalue weighted by Gasteiger charge is -2.03. The van der Waals surface area contributed by atoms with E-state index in [1.807, 2.05) is 0 Å². The molecule has 0 saturated carbocycles. The second-order valence-corrected chi connectivity index (χ2v) is 6.06. The molecule has 0 aliphatic heterocycles. The standard InChI is InChI=1S/C11H15N3S2/c1-8(2)12-7-11-14-13-10(16-11)6-9-4-3-5-15-9/h3-5,8,12H,6-7H2,1-2H3. The molecule has 16 heavy (non-hydrogen) atoms. The summed E-state index contributed by atoms with van der Waals surface area (Å²) in [5.74, 6) is 0. The fraction of sp³-hybridized carbons (Fsp3) is 0.455. The van der Waals surface area contributed by atoms with Crippen LogP contribution in [0.1, 0.15) is 28.7 Å². The molecule has 0 radical (unpaired) electrons. The van der Waals surface area contributed by atoms with Crippen molar-refractivity contribution in [3.8, 4) is 0 Å². The van der Waals surface area contributed by atoms with Crippen LogP contribution >= 0.6 is 22.7 Å². The molecular formula is C11H15N3S2. The van der Waals surface area contributed by atoms with Crippen LogP contribution in [0, 0.1) is 0 Å². The third kappa shape index (κ3) is 3.37. The number of nitrogens with zero attached hydrogens (tertiary/aromatic N) is 2. The largest absolute Gasteiger partial charge is 0.308 e. The van der Waals surface area contributed by atoms with Crippen molar-refractivity contribution >= 4 is 22.7 Å². The van der Waals surface area contributed by atoms with E-state index in [4.69, 9.17) is 0 Å². The van der Waals surface area contributed by atoms with Crippen LogP contribution in [-0.4, -0.2) is 16.2 Å². The van der Waals surface area contributed by atoms with Gasteiger partial charge in [0, 0.05) is 23.9 Å². The van der Waals surface area contributed by atoms with E-state index >= 15 is 0 Å². The van der Waals surface area contributed by atoms with Crippen molar-refractivity contribution in [2.45, 2.75) is 32.9 Å². The number of hydrogen-bond acceptors (Lipinski definition) is 5. The van der Waals surface area contributed by atoms with Crippen molar-refractivity contribution in [3.63, 3.8) is 0 Å². The molecule has 0 aliphatic carbocycles. The Hall–Kier alpha value is -0.780. The topological polar surface area (TPSA) is 37.8 Å². The number of rotatable bonds is 5. The normalized spacial score (nSPS) is 11.2. The highest BCUT2D eigenvalue weighted by atomic mass is 32.1. The quantitative estimate of drug-likeness (QED) is 0.890.